The number of hydrogen-bond acceptors (Lipinski definition) is 4. The third kappa shape index (κ3) is 4.81. The zero-order valence-electron chi connectivity index (χ0n) is 22.5. The van der Waals surface area contributed by atoms with Crippen molar-refractivity contribution >= 4 is 0 Å². The van der Waals surface area contributed by atoms with E-state index in [0.717, 1.165) is 0 Å². The number of nitrogens with one attached hydrogen (secondary N) is 2. The average Bonchev–Trinajstić information content (AvgIpc) is 3.41. The number of aromatic nitrogens is 4. The predicted octanol–water partition coefficient (Wildman–Crippen LogP) is 5.24. The molecule has 0 aliphatic rings. The van der Waals surface area contributed by atoms with Gasteiger partial charge in [-0.05, 0) is 58.0 Å². The second-order valence-electron chi connectivity index (χ2n) is 9.25. The van der Waals surface area contributed by atoms with Crippen LogP contribution in [0.5, 0.6) is 11.5 Å². The molecule has 0 amide bonds. The van der Waals surface area contributed by atoms with Gasteiger partial charge in [-0.1, -0.05) is 42.5 Å². The SMILES string of the molecule is CCOc1ccc(C(c2c(C)[nH]n(-c3ccccc3)c2=O)c2c(C)[nH]n(-c3ccccc3)c2=O)c(OCC)c1. The first-order chi connectivity index (χ1) is 18.9. The summed E-state index contributed by atoms with van der Waals surface area (Å²) >= 11 is 0. The summed E-state index contributed by atoms with van der Waals surface area (Å²) in [6.07, 6.45) is 0. The first kappa shape index (κ1) is 25.9. The van der Waals surface area contributed by atoms with E-state index in [0.29, 0.717) is 64.2 Å². The van der Waals surface area contributed by atoms with Crippen LogP contribution in [0.1, 0.15) is 47.8 Å². The van der Waals surface area contributed by atoms with Crippen molar-refractivity contribution in [3.05, 3.63) is 128 Å². The molecule has 3 aromatic carbocycles. The van der Waals surface area contributed by atoms with Crippen LogP contribution in [0.25, 0.3) is 11.4 Å². The maximum absolute atomic E-state index is 14.1. The van der Waals surface area contributed by atoms with Crippen molar-refractivity contribution in [1.29, 1.82) is 0 Å². The minimum absolute atomic E-state index is 0.230. The van der Waals surface area contributed by atoms with Gasteiger partial charge in [-0.3, -0.25) is 19.8 Å². The van der Waals surface area contributed by atoms with Crippen LogP contribution in [0.3, 0.4) is 0 Å². The van der Waals surface area contributed by atoms with Crippen LogP contribution in [0, 0.1) is 13.8 Å². The Hall–Kier alpha value is -4.72. The fraction of sp³-hybridized carbons (Fsp3) is 0.226. The molecule has 39 heavy (non-hydrogen) atoms. The summed E-state index contributed by atoms with van der Waals surface area (Å²) in [5.41, 5.74) is 3.94. The van der Waals surface area contributed by atoms with Crippen molar-refractivity contribution < 1.29 is 9.47 Å². The highest BCUT2D eigenvalue weighted by Crippen LogP contribution is 2.39. The molecule has 200 valence electrons. The molecule has 0 aliphatic heterocycles. The van der Waals surface area contributed by atoms with Crippen LogP contribution in [0.2, 0.25) is 0 Å². The summed E-state index contributed by atoms with van der Waals surface area (Å²) in [7, 11) is 0. The van der Waals surface area contributed by atoms with Crippen LogP contribution in [0.15, 0.2) is 88.5 Å². The first-order valence-corrected chi connectivity index (χ1v) is 13.1. The molecule has 8 heteroatoms. The van der Waals surface area contributed by atoms with Gasteiger partial charge >= 0.3 is 0 Å². The van der Waals surface area contributed by atoms with Gasteiger partial charge in [0.05, 0.1) is 41.6 Å². The zero-order valence-corrected chi connectivity index (χ0v) is 22.5. The van der Waals surface area contributed by atoms with E-state index in [1.807, 2.05) is 107 Å². The maximum Gasteiger partial charge on any atom is 0.275 e. The van der Waals surface area contributed by atoms with E-state index >= 15 is 0 Å². The van der Waals surface area contributed by atoms with E-state index in [1.165, 1.54) is 9.36 Å². The topological polar surface area (TPSA) is 94.0 Å². The van der Waals surface area contributed by atoms with Gasteiger partial charge in [-0.2, -0.15) is 0 Å². The van der Waals surface area contributed by atoms with Crippen molar-refractivity contribution in [2.45, 2.75) is 33.6 Å². The summed E-state index contributed by atoms with van der Waals surface area (Å²) < 4.78 is 14.8. The monoisotopic (exact) mass is 524 g/mol. The molecule has 0 atom stereocenters. The van der Waals surface area contributed by atoms with Gasteiger partial charge in [0.15, 0.2) is 0 Å². The molecule has 0 fully saturated rings. The summed E-state index contributed by atoms with van der Waals surface area (Å²) in [6.45, 7) is 8.45. The molecule has 0 unspecified atom stereocenters. The molecule has 2 heterocycles. The lowest BCUT2D eigenvalue weighted by atomic mass is 9.84. The number of benzene rings is 3. The fourth-order valence-electron chi connectivity index (χ4n) is 5.06. The molecular formula is C31H32N4O4. The number of para-hydroxylation sites is 2. The number of nitrogens with zero attached hydrogens (tertiary/aromatic N) is 2. The van der Waals surface area contributed by atoms with Gasteiger partial charge in [0.1, 0.15) is 11.5 Å². The number of aromatic amines is 2. The Morgan fingerprint density at radius 3 is 1.64 bits per heavy atom. The molecule has 0 spiro atoms. The molecule has 8 nitrogen and oxygen atoms in total. The number of hydrogen-bond donors (Lipinski definition) is 2. The molecule has 2 aromatic heterocycles. The Morgan fingerprint density at radius 2 is 1.18 bits per heavy atom. The van der Waals surface area contributed by atoms with Crippen LogP contribution in [-0.4, -0.2) is 32.8 Å². The second kappa shape index (κ2) is 10.9. The smallest absolute Gasteiger partial charge is 0.275 e. The maximum atomic E-state index is 14.1. The van der Waals surface area contributed by atoms with Crippen LogP contribution in [-0.2, 0) is 0 Å². The van der Waals surface area contributed by atoms with Gasteiger partial charge in [-0.15, -0.1) is 0 Å². The van der Waals surface area contributed by atoms with Gasteiger partial charge in [0, 0.05) is 23.0 Å². The van der Waals surface area contributed by atoms with Crippen molar-refractivity contribution in [2.75, 3.05) is 13.2 Å². The van der Waals surface area contributed by atoms with E-state index in [9.17, 15) is 9.59 Å². The quantitative estimate of drug-likeness (QED) is 0.276. The molecule has 0 bridgehead atoms. The number of H-pyrrole nitrogens is 2. The van der Waals surface area contributed by atoms with Gasteiger partial charge in [-0.25, -0.2) is 9.36 Å². The summed E-state index contributed by atoms with van der Waals surface area (Å²) in [5, 5.41) is 6.46. The third-order valence-corrected chi connectivity index (χ3v) is 6.75. The van der Waals surface area contributed by atoms with Crippen LogP contribution >= 0.6 is 0 Å². The summed E-state index contributed by atoms with van der Waals surface area (Å²) in [4.78, 5) is 28.1. The highest BCUT2D eigenvalue weighted by atomic mass is 16.5. The van der Waals surface area contributed by atoms with Crippen molar-refractivity contribution in [1.82, 2.24) is 19.6 Å². The predicted molar refractivity (Wildman–Crippen MR) is 152 cm³/mol. The number of ether oxygens (including phenoxy) is 2. The summed E-state index contributed by atoms with van der Waals surface area (Å²) in [6, 6.07) is 24.3. The van der Waals surface area contributed by atoms with Gasteiger partial charge in [0.2, 0.25) is 0 Å². The Kier molecular flexibility index (Phi) is 7.27. The minimum Gasteiger partial charge on any atom is -0.494 e. The third-order valence-electron chi connectivity index (χ3n) is 6.75. The highest BCUT2D eigenvalue weighted by molar-refractivity contribution is 5.54. The standard InChI is InChI=1S/C31H32N4O4/c1-5-38-24-17-18-25(26(19-24)39-6-2)29(27-20(3)32-34(30(27)36)22-13-9-7-10-14-22)28-21(4)33-35(31(28)37)23-15-11-8-12-16-23/h7-19,29,32-33H,5-6H2,1-4H3. The molecule has 0 saturated carbocycles. The highest BCUT2D eigenvalue weighted by Gasteiger charge is 2.33. The van der Waals surface area contributed by atoms with Crippen molar-refractivity contribution in [3.8, 4) is 22.9 Å². The molecule has 2 N–H and O–H groups in total. The van der Waals surface area contributed by atoms with E-state index in [4.69, 9.17) is 9.47 Å². The van der Waals surface area contributed by atoms with E-state index < -0.39 is 5.92 Å². The first-order valence-electron chi connectivity index (χ1n) is 13.1. The molecule has 0 aliphatic carbocycles. The molecule has 0 radical (unpaired) electrons. The number of rotatable bonds is 9. The Morgan fingerprint density at radius 1 is 0.692 bits per heavy atom. The number of aryl methyl sites for hydroxylation is 2. The minimum atomic E-state index is -0.704. The normalized spacial score (nSPS) is 11.2. The largest absolute Gasteiger partial charge is 0.494 e. The lowest BCUT2D eigenvalue weighted by Gasteiger charge is -2.20. The Bertz CT molecular complexity index is 1600. The van der Waals surface area contributed by atoms with E-state index in [-0.39, 0.29) is 11.1 Å². The molecule has 5 rings (SSSR count). The van der Waals surface area contributed by atoms with Crippen molar-refractivity contribution in [3.63, 3.8) is 0 Å². The lowest BCUT2D eigenvalue weighted by Crippen LogP contribution is -2.25. The van der Waals surface area contributed by atoms with Crippen molar-refractivity contribution in [2.24, 2.45) is 0 Å². The van der Waals surface area contributed by atoms with E-state index in [1.54, 1.807) is 0 Å². The second-order valence-corrected chi connectivity index (χ2v) is 9.25. The fourth-order valence-corrected chi connectivity index (χ4v) is 5.06. The Balaban J connectivity index is 1.80. The van der Waals surface area contributed by atoms with Crippen LogP contribution < -0.4 is 20.6 Å². The molecule has 0 saturated heterocycles. The van der Waals surface area contributed by atoms with E-state index in [2.05, 4.69) is 10.2 Å². The van der Waals surface area contributed by atoms with Crippen LogP contribution in [0.4, 0.5) is 0 Å². The van der Waals surface area contributed by atoms with Gasteiger partial charge in [0.25, 0.3) is 11.1 Å². The summed E-state index contributed by atoms with van der Waals surface area (Å²) in [5.74, 6) is 0.513. The zero-order chi connectivity index (χ0) is 27.5. The average molecular weight is 525 g/mol. The van der Waals surface area contributed by atoms with Gasteiger partial charge < -0.3 is 9.47 Å². The Labute approximate surface area is 226 Å². The molecule has 5 aromatic rings. The lowest BCUT2D eigenvalue weighted by molar-refractivity contribution is 0.320. The molecular weight excluding hydrogens is 492 g/mol.